The maximum absolute atomic E-state index is 11.5. The second-order valence-corrected chi connectivity index (χ2v) is 6.44. The van der Waals surface area contributed by atoms with Crippen LogP contribution in [0.1, 0.15) is 21.5 Å². The Morgan fingerprint density at radius 2 is 1.95 bits per heavy atom. The molecule has 1 unspecified atom stereocenters. The molecule has 0 aliphatic rings. The van der Waals surface area contributed by atoms with E-state index in [1.807, 2.05) is 34.6 Å². The van der Waals surface area contributed by atoms with Gasteiger partial charge >= 0.3 is 5.97 Å². The molecule has 0 saturated heterocycles. The van der Waals surface area contributed by atoms with Crippen LogP contribution in [-0.2, 0) is 4.52 Å². The Morgan fingerprint density at radius 1 is 1.27 bits per heavy atom. The summed E-state index contributed by atoms with van der Waals surface area (Å²) in [5.74, 6) is -0.415. The van der Waals surface area contributed by atoms with Gasteiger partial charge in [-0.1, -0.05) is 37.9 Å². The minimum atomic E-state index is -0.415. The van der Waals surface area contributed by atoms with Crippen LogP contribution in [0.15, 0.2) is 50.4 Å². The first-order valence-corrected chi connectivity index (χ1v) is 8.33. The molecule has 2 rings (SSSR count). The summed E-state index contributed by atoms with van der Waals surface area (Å²) in [7, 11) is 1.94. The number of aryl methyl sites for hydroxylation is 1. The summed E-state index contributed by atoms with van der Waals surface area (Å²) in [6.07, 6.45) is 1.70. The smallest absolute Gasteiger partial charge is 0.340 e. The van der Waals surface area contributed by atoms with Crippen LogP contribution < -0.4 is 5.43 Å². The van der Waals surface area contributed by atoms with Crippen LogP contribution >= 0.6 is 41.3 Å². The number of hydrogen-bond acceptors (Lipinski definition) is 4. The molecule has 0 amide bonds. The molecule has 0 spiro atoms. The zero-order chi connectivity index (χ0) is 16.1. The highest BCUT2D eigenvalue weighted by Crippen LogP contribution is 2.25. The summed E-state index contributed by atoms with van der Waals surface area (Å²) >= 11 is 7.02. The Bertz CT molecular complexity index is 712. The zero-order valence-electron chi connectivity index (χ0n) is 11.6. The summed E-state index contributed by atoms with van der Waals surface area (Å²) in [6, 6.07) is 10.9. The number of rotatable bonds is 4. The lowest BCUT2D eigenvalue weighted by Gasteiger charge is -2.05. The fraction of sp³-hybridized carbons (Fsp3) is 0.0667. The molecule has 4 nitrogen and oxygen atoms in total. The van der Waals surface area contributed by atoms with Gasteiger partial charge in [-0.25, -0.2) is 4.79 Å². The third-order valence-electron chi connectivity index (χ3n) is 2.82. The van der Waals surface area contributed by atoms with Crippen molar-refractivity contribution < 1.29 is 9.32 Å². The van der Waals surface area contributed by atoms with Gasteiger partial charge in [0.1, 0.15) is 0 Å². The second kappa shape index (κ2) is 7.86. The van der Waals surface area contributed by atoms with Crippen LogP contribution in [0.5, 0.6) is 0 Å². The number of nitrogens with one attached hydrogen (secondary N) is 1. The van der Waals surface area contributed by atoms with Crippen molar-refractivity contribution in [1.82, 2.24) is 0 Å². The molecule has 1 atom stereocenters. The third kappa shape index (κ3) is 4.38. The summed E-state index contributed by atoms with van der Waals surface area (Å²) in [5, 5.41) is 4.20. The Morgan fingerprint density at radius 3 is 2.59 bits per heavy atom. The molecular weight excluding hydrogens is 431 g/mol. The van der Waals surface area contributed by atoms with Crippen molar-refractivity contribution >= 4 is 59.2 Å². The van der Waals surface area contributed by atoms with Crippen LogP contribution in [-0.4, -0.2) is 12.2 Å². The van der Waals surface area contributed by atoms with Gasteiger partial charge in [0.05, 0.1) is 26.9 Å². The van der Waals surface area contributed by atoms with E-state index in [4.69, 9.17) is 0 Å². The molecule has 0 saturated carbocycles. The third-order valence-corrected chi connectivity index (χ3v) is 4.34. The molecule has 0 aliphatic carbocycles. The zero-order valence-corrected chi connectivity index (χ0v) is 16.0. The van der Waals surface area contributed by atoms with Crippen molar-refractivity contribution in [3.63, 3.8) is 0 Å². The molecule has 0 aliphatic heterocycles. The second-order valence-electron chi connectivity index (χ2n) is 4.50. The molecule has 114 valence electrons. The van der Waals surface area contributed by atoms with Gasteiger partial charge in [0, 0.05) is 14.5 Å². The number of benzene rings is 2. The summed E-state index contributed by atoms with van der Waals surface area (Å²) < 4.78 is 6.51. The first kappa shape index (κ1) is 17.1. The van der Waals surface area contributed by atoms with Gasteiger partial charge in [-0.3, -0.25) is 5.43 Å². The summed E-state index contributed by atoms with van der Waals surface area (Å²) in [5.41, 5.74) is 6.12. The lowest BCUT2D eigenvalue weighted by atomic mass is 10.2. The normalized spacial score (nSPS) is 10.7. The van der Waals surface area contributed by atoms with E-state index in [0.717, 1.165) is 20.1 Å². The molecule has 2 aromatic carbocycles. The first-order chi connectivity index (χ1) is 10.5. The van der Waals surface area contributed by atoms with Gasteiger partial charge in [-0.15, -0.1) is 0 Å². The molecular formula is C15H13Br2N2O2P. The Hall–Kier alpha value is -1.23. The lowest BCUT2D eigenvalue weighted by molar-refractivity contribution is 0.0765. The number of halogens is 2. The van der Waals surface area contributed by atoms with Crippen LogP contribution in [0.4, 0.5) is 5.69 Å². The van der Waals surface area contributed by atoms with Crippen molar-refractivity contribution in [2.45, 2.75) is 6.92 Å². The monoisotopic (exact) mass is 442 g/mol. The van der Waals surface area contributed by atoms with Gasteiger partial charge in [0.25, 0.3) is 0 Å². The van der Waals surface area contributed by atoms with Crippen molar-refractivity contribution in [3.05, 3.63) is 62.0 Å². The number of carbonyl (C=O) groups excluding carboxylic acids is 1. The van der Waals surface area contributed by atoms with E-state index in [0.29, 0.717) is 11.3 Å². The maximum Gasteiger partial charge on any atom is 0.340 e. The first-order valence-electron chi connectivity index (χ1n) is 6.27. The lowest BCUT2D eigenvalue weighted by Crippen LogP contribution is -1.99. The molecule has 0 aromatic heterocycles. The molecule has 0 bridgehead atoms. The van der Waals surface area contributed by atoms with Gasteiger partial charge < -0.3 is 4.52 Å². The van der Waals surface area contributed by atoms with Crippen molar-refractivity contribution in [2.24, 2.45) is 5.10 Å². The van der Waals surface area contributed by atoms with Crippen LogP contribution in [0, 0.1) is 6.92 Å². The number of hydrazone groups is 1. The molecule has 0 radical (unpaired) electrons. The van der Waals surface area contributed by atoms with Crippen molar-refractivity contribution in [3.8, 4) is 0 Å². The minimum Gasteiger partial charge on any atom is -0.448 e. The highest BCUT2D eigenvalue weighted by molar-refractivity contribution is 9.11. The van der Waals surface area contributed by atoms with Gasteiger partial charge in [-0.2, -0.15) is 5.10 Å². The SMILES string of the molecule is Cc1cc(Br)c(/C=N/Nc2cccc(C(=O)OP)c2)c(Br)c1. The maximum atomic E-state index is 11.5. The van der Waals surface area contributed by atoms with Gasteiger partial charge in [-0.05, 0) is 42.8 Å². The topological polar surface area (TPSA) is 50.7 Å². The average Bonchev–Trinajstić information content (AvgIpc) is 2.49. The van der Waals surface area contributed by atoms with E-state index in [1.165, 1.54) is 0 Å². The van der Waals surface area contributed by atoms with E-state index in [-0.39, 0.29) is 0 Å². The predicted molar refractivity (Wildman–Crippen MR) is 99.4 cm³/mol. The van der Waals surface area contributed by atoms with E-state index in [2.05, 4.69) is 46.9 Å². The predicted octanol–water partition coefficient (Wildman–Crippen LogP) is 4.91. The number of carbonyl (C=O) groups is 1. The molecule has 1 N–H and O–H groups in total. The molecule has 0 fully saturated rings. The van der Waals surface area contributed by atoms with Crippen molar-refractivity contribution in [1.29, 1.82) is 0 Å². The fourth-order valence-corrected chi connectivity index (χ4v) is 3.55. The highest BCUT2D eigenvalue weighted by Gasteiger charge is 2.06. The molecule has 0 heterocycles. The minimum absolute atomic E-state index is 0.415. The Balaban J connectivity index is 2.15. The van der Waals surface area contributed by atoms with E-state index < -0.39 is 5.97 Å². The number of anilines is 1. The Labute approximate surface area is 147 Å². The van der Waals surface area contributed by atoms with Crippen LogP contribution in [0.25, 0.3) is 0 Å². The Kier molecular flexibility index (Phi) is 6.12. The molecule has 22 heavy (non-hydrogen) atoms. The van der Waals surface area contributed by atoms with Crippen LogP contribution in [0.2, 0.25) is 0 Å². The highest BCUT2D eigenvalue weighted by atomic mass is 79.9. The van der Waals surface area contributed by atoms with Gasteiger partial charge in [0.15, 0.2) is 0 Å². The largest absolute Gasteiger partial charge is 0.448 e. The van der Waals surface area contributed by atoms with E-state index >= 15 is 0 Å². The van der Waals surface area contributed by atoms with Crippen LogP contribution in [0.3, 0.4) is 0 Å². The molecule has 7 heteroatoms. The number of hydrogen-bond donors (Lipinski definition) is 1. The standard InChI is InChI=1S/C15H13Br2N2O2P/c1-9-5-13(16)12(14(17)6-9)8-18-19-11-4-2-3-10(7-11)15(20)21-22/h2-8,19H,22H2,1H3/b18-8+. The summed E-state index contributed by atoms with van der Waals surface area (Å²) in [4.78, 5) is 11.5. The van der Waals surface area contributed by atoms with E-state index in [9.17, 15) is 4.79 Å². The fourth-order valence-electron chi connectivity index (χ4n) is 1.79. The quantitative estimate of drug-likeness (QED) is 0.414. The average molecular weight is 444 g/mol. The molecule has 2 aromatic rings. The van der Waals surface area contributed by atoms with Crippen molar-refractivity contribution in [2.75, 3.05) is 5.43 Å². The summed E-state index contributed by atoms with van der Waals surface area (Å²) in [6.45, 7) is 2.02. The number of nitrogens with zero attached hydrogens (tertiary/aromatic N) is 1. The van der Waals surface area contributed by atoms with Gasteiger partial charge in [0.2, 0.25) is 0 Å². The van der Waals surface area contributed by atoms with E-state index in [1.54, 1.807) is 24.4 Å².